The van der Waals surface area contributed by atoms with E-state index in [0.29, 0.717) is 17.4 Å². The highest BCUT2D eigenvalue weighted by Crippen LogP contribution is 2.20. The van der Waals surface area contributed by atoms with Crippen molar-refractivity contribution >= 4 is 31.5 Å². The standard InChI is InChI=1S/C11H15BrN2O2S/c12-10-5-11(8-13-7-10)14-6-9-1-3-17(15,16)4-2-9/h5,7-9,14H,1-4,6H2. The fraction of sp³-hybridized carbons (Fsp3) is 0.545. The van der Waals surface area contributed by atoms with Crippen molar-refractivity contribution in [3.05, 3.63) is 22.9 Å². The SMILES string of the molecule is O=S1(=O)CCC(CNc2cncc(Br)c2)CC1. The van der Waals surface area contributed by atoms with Crippen LogP contribution in [0.1, 0.15) is 12.8 Å². The molecule has 0 spiro atoms. The van der Waals surface area contributed by atoms with Crippen LogP contribution in [0.5, 0.6) is 0 Å². The van der Waals surface area contributed by atoms with E-state index in [-0.39, 0.29) is 0 Å². The average Bonchev–Trinajstić information content (AvgIpc) is 2.28. The predicted octanol–water partition coefficient (Wildman–Crippen LogP) is 2.08. The molecule has 1 aromatic heterocycles. The van der Waals surface area contributed by atoms with E-state index in [4.69, 9.17) is 0 Å². The highest BCUT2D eigenvalue weighted by atomic mass is 79.9. The van der Waals surface area contributed by atoms with E-state index in [0.717, 1.165) is 29.5 Å². The fourth-order valence-corrected chi connectivity index (χ4v) is 3.87. The molecule has 1 fully saturated rings. The quantitative estimate of drug-likeness (QED) is 0.927. The normalized spacial score (nSPS) is 20.1. The van der Waals surface area contributed by atoms with E-state index in [1.165, 1.54) is 0 Å². The van der Waals surface area contributed by atoms with Gasteiger partial charge in [-0.1, -0.05) is 0 Å². The summed E-state index contributed by atoms with van der Waals surface area (Å²) in [6.07, 6.45) is 5.02. The first kappa shape index (κ1) is 12.8. The van der Waals surface area contributed by atoms with Crippen LogP contribution < -0.4 is 5.32 Å². The Balaban J connectivity index is 1.84. The number of hydrogen-bond acceptors (Lipinski definition) is 4. The van der Waals surface area contributed by atoms with E-state index in [2.05, 4.69) is 26.2 Å². The van der Waals surface area contributed by atoms with E-state index >= 15 is 0 Å². The van der Waals surface area contributed by atoms with Crippen LogP contribution in [0.4, 0.5) is 5.69 Å². The molecule has 1 N–H and O–H groups in total. The second-order valence-electron chi connectivity index (χ2n) is 4.37. The van der Waals surface area contributed by atoms with Crippen LogP contribution in [0.2, 0.25) is 0 Å². The van der Waals surface area contributed by atoms with Gasteiger partial charge in [0.15, 0.2) is 0 Å². The number of rotatable bonds is 3. The second-order valence-corrected chi connectivity index (χ2v) is 7.59. The molecule has 1 aliphatic heterocycles. The van der Waals surface area contributed by atoms with Gasteiger partial charge in [0.1, 0.15) is 9.84 Å². The lowest BCUT2D eigenvalue weighted by Gasteiger charge is -2.22. The number of hydrogen-bond donors (Lipinski definition) is 1. The van der Waals surface area contributed by atoms with Gasteiger partial charge >= 0.3 is 0 Å². The maximum absolute atomic E-state index is 11.3. The molecule has 0 atom stereocenters. The zero-order valence-corrected chi connectivity index (χ0v) is 11.8. The lowest BCUT2D eigenvalue weighted by molar-refractivity contribution is 0.484. The van der Waals surface area contributed by atoms with E-state index in [9.17, 15) is 8.42 Å². The molecule has 1 aliphatic rings. The molecule has 1 saturated heterocycles. The van der Waals surface area contributed by atoms with Crippen molar-refractivity contribution in [3.63, 3.8) is 0 Å². The lowest BCUT2D eigenvalue weighted by atomic mass is 10.0. The number of sulfone groups is 1. The van der Waals surface area contributed by atoms with Gasteiger partial charge in [0.25, 0.3) is 0 Å². The summed E-state index contributed by atoms with van der Waals surface area (Å²) in [6.45, 7) is 0.813. The van der Waals surface area contributed by atoms with Gasteiger partial charge < -0.3 is 5.32 Å². The van der Waals surface area contributed by atoms with Gasteiger partial charge in [0, 0.05) is 17.2 Å². The van der Waals surface area contributed by atoms with Gasteiger partial charge in [-0.2, -0.15) is 0 Å². The van der Waals surface area contributed by atoms with Crippen LogP contribution in [0.15, 0.2) is 22.9 Å². The molecule has 2 heterocycles. The minimum absolute atomic E-state index is 0.329. The monoisotopic (exact) mass is 318 g/mol. The first-order valence-corrected chi connectivity index (χ1v) is 8.21. The Kier molecular flexibility index (Phi) is 4.04. The maximum atomic E-state index is 11.3. The summed E-state index contributed by atoms with van der Waals surface area (Å²) in [5, 5.41) is 3.30. The highest BCUT2D eigenvalue weighted by molar-refractivity contribution is 9.10. The van der Waals surface area contributed by atoms with Crippen molar-refractivity contribution in [2.24, 2.45) is 5.92 Å². The Morgan fingerprint density at radius 2 is 2.06 bits per heavy atom. The number of nitrogens with one attached hydrogen (secondary N) is 1. The van der Waals surface area contributed by atoms with Crippen molar-refractivity contribution in [3.8, 4) is 0 Å². The third-order valence-electron chi connectivity index (χ3n) is 2.97. The van der Waals surface area contributed by atoms with Gasteiger partial charge in [-0.05, 0) is 40.8 Å². The smallest absolute Gasteiger partial charge is 0.150 e. The molecule has 17 heavy (non-hydrogen) atoms. The zero-order valence-electron chi connectivity index (χ0n) is 9.39. The molecule has 0 bridgehead atoms. The molecule has 2 rings (SSSR count). The van der Waals surface area contributed by atoms with Crippen molar-refractivity contribution in [2.75, 3.05) is 23.4 Å². The van der Waals surface area contributed by atoms with E-state index in [1.807, 2.05) is 6.07 Å². The molecule has 6 heteroatoms. The predicted molar refractivity (Wildman–Crippen MR) is 71.8 cm³/mol. The molecule has 0 aromatic carbocycles. The number of anilines is 1. The molecule has 4 nitrogen and oxygen atoms in total. The van der Waals surface area contributed by atoms with Crippen molar-refractivity contribution < 1.29 is 8.42 Å². The van der Waals surface area contributed by atoms with Crippen LogP contribution in [0, 0.1) is 5.92 Å². The largest absolute Gasteiger partial charge is 0.383 e. The number of aromatic nitrogens is 1. The van der Waals surface area contributed by atoms with E-state index < -0.39 is 9.84 Å². The summed E-state index contributed by atoms with van der Waals surface area (Å²) in [5.74, 6) is 1.10. The molecule has 94 valence electrons. The molecule has 1 aromatic rings. The van der Waals surface area contributed by atoms with Crippen molar-refractivity contribution in [1.82, 2.24) is 4.98 Å². The van der Waals surface area contributed by atoms with Gasteiger partial charge in [-0.25, -0.2) is 8.42 Å². The Labute approximate surface area is 110 Å². The second kappa shape index (κ2) is 5.35. The highest BCUT2D eigenvalue weighted by Gasteiger charge is 2.23. The Bertz CT molecular complexity index is 476. The third-order valence-corrected chi connectivity index (χ3v) is 5.12. The minimum atomic E-state index is -2.75. The first-order valence-electron chi connectivity index (χ1n) is 5.60. The molecule has 0 aliphatic carbocycles. The van der Waals surface area contributed by atoms with Gasteiger partial charge in [-0.15, -0.1) is 0 Å². The zero-order chi connectivity index (χ0) is 12.3. The summed E-state index contributed by atoms with van der Waals surface area (Å²) in [6, 6.07) is 1.96. The Morgan fingerprint density at radius 1 is 1.35 bits per heavy atom. The van der Waals surface area contributed by atoms with Crippen LogP contribution >= 0.6 is 15.9 Å². The topological polar surface area (TPSA) is 59.1 Å². The van der Waals surface area contributed by atoms with Gasteiger partial charge in [-0.3, -0.25) is 4.98 Å². The van der Waals surface area contributed by atoms with Crippen LogP contribution in [0.3, 0.4) is 0 Å². The van der Waals surface area contributed by atoms with Crippen LogP contribution in [0.25, 0.3) is 0 Å². The summed E-state index contributed by atoms with van der Waals surface area (Å²) in [5.41, 5.74) is 0.966. The summed E-state index contributed by atoms with van der Waals surface area (Å²) in [7, 11) is -2.75. The van der Waals surface area contributed by atoms with Crippen LogP contribution in [-0.4, -0.2) is 31.5 Å². The number of nitrogens with zero attached hydrogens (tertiary/aromatic N) is 1. The van der Waals surface area contributed by atoms with Crippen LogP contribution in [-0.2, 0) is 9.84 Å². The average molecular weight is 319 g/mol. The lowest BCUT2D eigenvalue weighted by Crippen LogP contribution is -2.27. The number of halogens is 1. The Morgan fingerprint density at radius 3 is 2.71 bits per heavy atom. The third kappa shape index (κ3) is 3.96. The minimum Gasteiger partial charge on any atom is -0.383 e. The first-order chi connectivity index (χ1) is 8.05. The Hall–Kier alpha value is -0.620. The summed E-state index contributed by atoms with van der Waals surface area (Å²) < 4.78 is 23.5. The fourth-order valence-electron chi connectivity index (χ4n) is 1.91. The van der Waals surface area contributed by atoms with Gasteiger partial charge in [0.05, 0.1) is 23.4 Å². The molecule has 0 radical (unpaired) electrons. The molecular formula is C11H15BrN2O2S. The summed E-state index contributed by atoms with van der Waals surface area (Å²) >= 11 is 3.36. The molecule has 0 saturated carbocycles. The van der Waals surface area contributed by atoms with Crippen molar-refractivity contribution in [2.45, 2.75) is 12.8 Å². The van der Waals surface area contributed by atoms with Crippen molar-refractivity contribution in [1.29, 1.82) is 0 Å². The molecule has 0 amide bonds. The van der Waals surface area contributed by atoms with Gasteiger partial charge in [0.2, 0.25) is 0 Å². The molecule has 0 unspecified atom stereocenters. The van der Waals surface area contributed by atoms with E-state index in [1.54, 1.807) is 12.4 Å². The maximum Gasteiger partial charge on any atom is 0.150 e. The number of pyridine rings is 1. The molecular weight excluding hydrogens is 304 g/mol. The summed E-state index contributed by atoms with van der Waals surface area (Å²) in [4.78, 5) is 4.07.